The van der Waals surface area contributed by atoms with Crippen LogP contribution >= 0.6 is 0 Å². The Bertz CT molecular complexity index is 2430. The summed E-state index contributed by atoms with van der Waals surface area (Å²) in [6, 6.07) is 77.1. The van der Waals surface area contributed by atoms with Crippen LogP contribution in [0.5, 0.6) is 0 Å². The molecule has 8 aromatic carbocycles. The first-order valence-electron chi connectivity index (χ1n) is 19.2. The maximum atomic E-state index is 3.61. The largest absolute Gasteiger partial charge is 0.382 e. The summed E-state index contributed by atoms with van der Waals surface area (Å²) in [4.78, 5) is 2.30. The van der Waals surface area contributed by atoms with Crippen molar-refractivity contribution in [2.75, 3.05) is 16.8 Å². The second-order valence-electron chi connectivity index (χ2n) is 13.1. The Kier molecular flexibility index (Phi) is 14.4. The zero-order chi connectivity index (χ0) is 39.5. The first kappa shape index (κ1) is 39.3. The van der Waals surface area contributed by atoms with E-state index in [0.29, 0.717) is 0 Å². The molecular formula is C55H48N2. The quantitative estimate of drug-likeness (QED) is 0.0808. The number of hydrogen-bond acceptors (Lipinski definition) is 2. The zero-order valence-electron chi connectivity index (χ0n) is 32.3. The van der Waals surface area contributed by atoms with Crippen LogP contribution in [0.25, 0.3) is 21.9 Å². The van der Waals surface area contributed by atoms with Gasteiger partial charge < -0.3 is 10.2 Å². The molecule has 0 heterocycles. The van der Waals surface area contributed by atoms with Crippen molar-refractivity contribution in [2.24, 2.45) is 0 Å². The van der Waals surface area contributed by atoms with E-state index in [9.17, 15) is 0 Å². The Hall–Kier alpha value is -7.42. The van der Waals surface area contributed by atoms with Gasteiger partial charge in [-0.2, -0.15) is 0 Å². The normalized spacial score (nSPS) is 10.7. The molecule has 2 nitrogen and oxygen atoms in total. The SMILES string of the molecule is C=CC=C.C=CCNc1ccccc1.c1ccc(/C(=C(/c2ccccc2)c2ccc3ccccc3c2)c2ccc(N(c3ccccc3)c3ccccc3)cc2)cc1. The lowest BCUT2D eigenvalue weighted by Crippen LogP contribution is -2.09. The molecule has 0 fully saturated rings. The third-order valence-corrected chi connectivity index (χ3v) is 9.25. The summed E-state index contributed by atoms with van der Waals surface area (Å²) in [5.41, 5.74) is 11.7. The fourth-order valence-electron chi connectivity index (χ4n) is 6.59. The van der Waals surface area contributed by atoms with E-state index in [1.54, 1.807) is 12.2 Å². The molecule has 57 heavy (non-hydrogen) atoms. The third-order valence-electron chi connectivity index (χ3n) is 9.25. The van der Waals surface area contributed by atoms with E-state index in [0.717, 1.165) is 29.3 Å². The second-order valence-corrected chi connectivity index (χ2v) is 13.1. The molecule has 0 aliphatic heterocycles. The molecule has 8 rings (SSSR count). The topological polar surface area (TPSA) is 15.3 Å². The summed E-state index contributed by atoms with van der Waals surface area (Å²) in [5, 5.41) is 5.65. The highest BCUT2D eigenvalue weighted by Gasteiger charge is 2.18. The molecule has 1 N–H and O–H groups in total. The summed E-state index contributed by atoms with van der Waals surface area (Å²) in [5.74, 6) is 0. The molecule has 8 aromatic rings. The predicted molar refractivity (Wildman–Crippen MR) is 248 cm³/mol. The predicted octanol–water partition coefficient (Wildman–Crippen LogP) is 15.0. The van der Waals surface area contributed by atoms with Crippen LogP contribution < -0.4 is 10.2 Å². The van der Waals surface area contributed by atoms with Gasteiger partial charge in [0.15, 0.2) is 0 Å². The Morgan fingerprint density at radius 3 is 1.26 bits per heavy atom. The average Bonchev–Trinajstić information content (AvgIpc) is 3.30. The Morgan fingerprint density at radius 2 is 0.772 bits per heavy atom. The first-order chi connectivity index (χ1) is 28.2. The van der Waals surface area contributed by atoms with Gasteiger partial charge in [-0.25, -0.2) is 0 Å². The van der Waals surface area contributed by atoms with Gasteiger partial charge in [-0.05, 0) is 98.8 Å². The zero-order valence-corrected chi connectivity index (χ0v) is 32.3. The van der Waals surface area contributed by atoms with Crippen molar-refractivity contribution in [1.29, 1.82) is 0 Å². The maximum Gasteiger partial charge on any atom is 0.0462 e. The van der Waals surface area contributed by atoms with Gasteiger partial charge in [-0.15, -0.1) is 6.58 Å². The Labute approximate surface area is 338 Å². The monoisotopic (exact) mass is 736 g/mol. The van der Waals surface area contributed by atoms with Crippen molar-refractivity contribution in [2.45, 2.75) is 0 Å². The Morgan fingerprint density at radius 1 is 0.386 bits per heavy atom. The fourth-order valence-corrected chi connectivity index (χ4v) is 6.59. The van der Waals surface area contributed by atoms with E-state index in [2.05, 4.69) is 218 Å². The lowest BCUT2D eigenvalue weighted by Gasteiger charge is -2.26. The number of benzene rings is 8. The average molecular weight is 737 g/mol. The number of hydrogen-bond donors (Lipinski definition) is 1. The number of rotatable bonds is 11. The molecule has 0 saturated heterocycles. The van der Waals surface area contributed by atoms with Crippen molar-refractivity contribution in [1.82, 2.24) is 0 Å². The lowest BCUT2D eigenvalue weighted by molar-refractivity contribution is 1.28. The highest BCUT2D eigenvalue weighted by Crippen LogP contribution is 2.40. The van der Waals surface area contributed by atoms with E-state index >= 15 is 0 Å². The molecule has 0 aromatic heterocycles. The van der Waals surface area contributed by atoms with Gasteiger partial charge in [0.1, 0.15) is 0 Å². The molecule has 0 aliphatic carbocycles. The van der Waals surface area contributed by atoms with Crippen molar-refractivity contribution < 1.29 is 0 Å². The van der Waals surface area contributed by atoms with Crippen molar-refractivity contribution in [3.8, 4) is 0 Å². The van der Waals surface area contributed by atoms with Crippen LogP contribution in [-0.2, 0) is 0 Å². The van der Waals surface area contributed by atoms with E-state index in [1.165, 1.54) is 44.2 Å². The standard InChI is InChI=1S/C42H31N.C9H11N.C4H6/c1-5-16-33(17-6-1)41(42(34-18-7-2-8-19-34)37-26-25-32-15-13-14-20-36(32)31-37)35-27-29-40(30-28-35)43(38-21-9-3-10-22-38)39-23-11-4-12-24-39;1-2-8-10-9-6-4-3-5-7-9;1-3-4-2/h1-31H;2-7,10H,1,8H2;3-4H,1-2H2/b42-41+;;. The molecule has 0 saturated carbocycles. The molecule has 278 valence electrons. The van der Waals surface area contributed by atoms with Crippen LogP contribution in [0.1, 0.15) is 22.3 Å². The van der Waals surface area contributed by atoms with Gasteiger partial charge in [0, 0.05) is 29.3 Å². The summed E-state index contributed by atoms with van der Waals surface area (Å²) < 4.78 is 0. The summed E-state index contributed by atoms with van der Waals surface area (Å²) in [6.45, 7) is 11.2. The van der Waals surface area contributed by atoms with Gasteiger partial charge in [0.2, 0.25) is 0 Å². The molecule has 0 aliphatic rings. The number of fused-ring (bicyclic) bond motifs is 1. The maximum absolute atomic E-state index is 3.61. The summed E-state index contributed by atoms with van der Waals surface area (Å²) >= 11 is 0. The van der Waals surface area contributed by atoms with E-state index in [4.69, 9.17) is 0 Å². The van der Waals surface area contributed by atoms with E-state index in [-0.39, 0.29) is 0 Å². The van der Waals surface area contributed by atoms with Crippen molar-refractivity contribution in [3.05, 3.63) is 279 Å². The number of nitrogens with zero attached hydrogens (tertiary/aromatic N) is 1. The highest BCUT2D eigenvalue weighted by atomic mass is 15.1. The summed E-state index contributed by atoms with van der Waals surface area (Å²) in [7, 11) is 0. The van der Waals surface area contributed by atoms with Crippen LogP contribution in [0.4, 0.5) is 22.7 Å². The number of para-hydroxylation sites is 3. The van der Waals surface area contributed by atoms with Gasteiger partial charge in [-0.1, -0.05) is 195 Å². The van der Waals surface area contributed by atoms with E-state index < -0.39 is 0 Å². The minimum Gasteiger partial charge on any atom is -0.382 e. The van der Waals surface area contributed by atoms with Gasteiger partial charge in [0.05, 0.1) is 0 Å². The van der Waals surface area contributed by atoms with Crippen LogP contribution in [0, 0.1) is 0 Å². The van der Waals surface area contributed by atoms with Crippen LogP contribution in [-0.4, -0.2) is 6.54 Å². The molecule has 0 unspecified atom stereocenters. The first-order valence-corrected chi connectivity index (χ1v) is 19.2. The van der Waals surface area contributed by atoms with Crippen molar-refractivity contribution >= 4 is 44.7 Å². The molecule has 0 radical (unpaired) electrons. The Balaban J connectivity index is 0.000000334. The lowest BCUT2D eigenvalue weighted by atomic mass is 9.85. The molecule has 0 atom stereocenters. The molecule has 2 heteroatoms. The van der Waals surface area contributed by atoms with Crippen LogP contribution in [0.2, 0.25) is 0 Å². The molecule has 0 spiro atoms. The highest BCUT2D eigenvalue weighted by molar-refractivity contribution is 6.06. The van der Waals surface area contributed by atoms with E-state index in [1.807, 2.05) is 36.4 Å². The minimum atomic E-state index is 0.823. The minimum absolute atomic E-state index is 0.823. The van der Waals surface area contributed by atoms with Gasteiger partial charge in [-0.3, -0.25) is 0 Å². The second kappa shape index (κ2) is 20.9. The third kappa shape index (κ3) is 10.6. The van der Waals surface area contributed by atoms with Crippen LogP contribution in [0.3, 0.4) is 0 Å². The molecule has 0 amide bonds. The van der Waals surface area contributed by atoms with Crippen LogP contribution in [0.15, 0.2) is 256 Å². The molecular weight excluding hydrogens is 689 g/mol. The number of anilines is 4. The van der Waals surface area contributed by atoms with Gasteiger partial charge in [0.25, 0.3) is 0 Å². The van der Waals surface area contributed by atoms with Crippen molar-refractivity contribution in [3.63, 3.8) is 0 Å². The fraction of sp³-hybridized carbons (Fsp3) is 0.0182. The smallest absolute Gasteiger partial charge is 0.0462 e. The van der Waals surface area contributed by atoms with Gasteiger partial charge >= 0.3 is 0 Å². The number of allylic oxidation sites excluding steroid dienone is 2. The number of nitrogens with one attached hydrogen (secondary N) is 1. The molecule has 0 bridgehead atoms. The summed E-state index contributed by atoms with van der Waals surface area (Å²) in [6.07, 6.45) is 5.12.